The average Bonchev–Trinajstić information content (AvgIpc) is 2.61. The quantitative estimate of drug-likeness (QED) is 0.576. The summed E-state index contributed by atoms with van der Waals surface area (Å²) in [6, 6.07) is 11.8. The molecule has 0 aliphatic carbocycles. The van der Waals surface area contributed by atoms with Gasteiger partial charge in [-0.3, -0.25) is 4.79 Å². The van der Waals surface area contributed by atoms with Crippen LogP contribution in [0.5, 0.6) is 0 Å². The number of sulfonamides is 1. The second-order valence-electron chi connectivity index (χ2n) is 5.79. The van der Waals surface area contributed by atoms with Crippen molar-refractivity contribution in [2.24, 2.45) is 0 Å². The van der Waals surface area contributed by atoms with Gasteiger partial charge in [-0.05, 0) is 36.8 Å². The number of carbonyl (C=O) groups is 1. The number of nitrogens with one attached hydrogen (secondary N) is 2. The Labute approximate surface area is 173 Å². The number of hydrogen-bond acceptors (Lipinski definition) is 4. The summed E-state index contributed by atoms with van der Waals surface area (Å²) < 4.78 is 26.7. The first-order valence-electron chi connectivity index (χ1n) is 8.12. The number of benzene rings is 2. The third-order valence-electron chi connectivity index (χ3n) is 3.58. The standard InChI is InChI=1S/C18H20Cl2N2O3S2/c1-13-2-6-16(7-3-13)27(24,25)22-9-8-21-18(23)12-26-11-14-4-5-15(19)10-17(14)20/h2-7,10,22H,8-9,11-12H2,1H3,(H,21,23). The molecule has 2 aromatic rings. The summed E-state index contributed by atoms with van der Waals surface area (Å²) in [5.74, 6) is 0.673. The van der Waals surface area contributed by atoms with E-state index in [2.05, 4.69) is 10.0 Å². The second kappa shape index (κ2) is 10.3. The molecule has 2 rings (SSSR count). The number of amides is 1. The molecule has 2 aromatic carbocycles. The van der Waals surface area contributed by atoms with Crippen molar-refractivity contribution in [2.45, 2.75) is 17.6 Å². The zero-order chi connectivity index (χ0) is 19.9. The Hall–Kier alpha value is -1.25. The number of carbonyl (C=O) groups excluding carboxylic acids is 1. The van der Waals surface area contributed by atoms with Crippen LogP contribution in [0.3, 0.4) is 0 Å². The van der Waals surface area contributed by atoms with E-state index in [9.17, 15) is 13.2 Å². The molecular weight excluding hydrogens is 427 g/mol. The van der Waals surface area contributed by atoms with E-state index in [0.717, 1.165) is 11.1 Å². The summed E-state index contributed by atoms with van der Waals surface area (Å²) in [6.45, 7) is 2.22. The fraction of sp³-hybridized carbons (Fsp3) is 0.278. The van der Waals surface area contributed by atoms with Crippen LogP contribution in [0.4, 0.5) is 0 Å². The fourth-order valence-electron chi connectivity index (χ4n) is 2.13. The van der Waals surface area contributed by atoms with Crippen LogP contribution in [0.2, 0.25) is 10.0 Å². The van der Waals surface area contributed by atoms with Crippen LogP contribution in [-0.4, -0.2) is 33.2 Å². The molecule has 0 unspecified atom stereocenters. The van der Waals surface area contributed by atoms with E-state index in [0.29, 0.717) is 15.8 Å². The van der Waals surface area contributed by atoms with Crippen molar-refractivity contribution in [3.8, 4) is 0 Å². The van der Waals surface area contributed by atoms with Crippen molar-refractivity contribution >= 4 is 50.9 Å². The van der Waals surface area contributed by atoms with E-state index in [4.69, 9.17) is 23.2 Å². The zero-order valence-electron chi connectivity index (χ0n) is 14.7. The normalized spacial score (nSPS) is 11.4. The second-order valence-corrected chi connectivity index (χ2v) is 9.39. The van der Waals surface area contributed by atoms with Gasteiger partial charge >= 0.3 is 0 Å². The number of aryl methyl sites for hydroxylation is 1. The van der Waals surface area contributed by atoms with Crippen molar-refractivity contribution < 1.29 is 13.2 Å². The largest absolute Gasteiger partial charge is 0.354 e. The highest BCUT2D eigenvalue weighted by Gasteiger charge is 2.13. The lowest BCUT2D eigenvalue weighted by Crippen LogP contribution is -2.35. The van der Waals surface area contributed by atoms with E-state index < -0.39 is 10.0 Å². The van der Waals surface area contributed by atoms with Gasteiger partial charge in [0.2, 0.25) is 15.9 Å². The highest BCUT2D eigenvalue weighted by atomic mass is 35.5. The summed E-state index contributed by atoms with van der Waals surface area (Å²) in [7, 11) is -3.57. The van der Waals surface area contributed by atoms with E-state index in [-0.39, 0.29) is 29.6 Å². The molecule has 0 saturated carbocycles. The molecule has 146 valence electrons. The van der Waals surface area contributed by atoms with Crippen LogP contribution in [0, 0.1) is 6.92 Å². The minimum atomic E-state index is -3.57. The molecule has 0 aliphatic rings. The van der Waals surface area contributed by atoms with Crippen LogP contribution in [0.1, 0.15) is 11.1 Å². The van der Waals surface area contributed by atoms with Gasteiger partial charge < -0.3 is 5.32 Å². The van der Waals surface area contributed by atoms with Crippen molar-refractivity contribution in [1.29, 1.82) is 0 Å². The first-order valence-corrected chi connectivity index (χ1v) is 11.5. The van der Waals surface area contributed by atoms with Gasteiger partial charge in [-0.2, -0.15) is 0 Å². The van der Waals surface area contributed by atoms with E-state index in [1.165, 1.54) is 11.8 Å². The third kappa shape index (κ3) is 7.35. The highest BCUT2D eigenvalue weighted by Crippen LogP contribution is 2.24. The molecule has 0 aliphatic heterocycles. The van der Waals surface area contributed by atoms with Gasteiger partial charge in [0.25, 0.3) is 0 Å². The maximum Gasteiger partial charge on any atom is 0.240 e. The molecular formula is C18H20Cl2N2O3S2. The molecule has 1 amide bonds. The maximum atomic E-state index is 12.1. The molecule has 0 fully saturated rings. The van der Waals surface area contributed by atoms with Crippen LogP contribution < -0.4 is 10.0 Å². The summed E-state index contributed by atoms with van der Waals surface area (Å²) in [6.07, 6.45) is 0. The first-order chi connectivity index (χ1) is 12.8. The molecule has 27 heavy (non-hydrogen) atoms. The SMILES string of the molecule is Cc1ccc(S(=O)(=O)NCCNC(=O)CSCc2ccc(Cl)cc2Cl)cc1. The Kier molecular flexibility index (Phi) is 8.44. The van der Waals surface area contributed by atoms with E-state index in [1.54, 1.807) is 36.4 Å². The summed E-state index contributed by atoms with van der Waals surface area (Å²) in [5.41, 5.74) is 1.89. The van der Waals surface area contributed by atoms with Crippen molar-refractivity contribution in [3.63, 3.8) is 0 Å². The number of rotatable bonds is 9. The summed E-state index contributed by atoms with van der Waals surface area (Å²) in [5, 5.41) is 3.82. The Bertz CT molecular complexity index is 888. The third-order valence-corrected chi connectivity index (χ3v) is 6.62. The van der Waals surface area contributed by atoms with Gasteiger partial charge in [0.15, 0.2) is 0 Å². The lowest BCUT2D eigenvalue weighted by Gasteiger charge is -2.09. The number of hydrogen-bond donors (Lipinski definition) is 2. The summed E-state index contributed by atoms with van der Waals surface area (Å²) >= 11 is 13.3. The van der Waals surface area contributed by atoms with Crippen LogP contribution >= 0.6 is 35.0 Å². The van der Waals surface area contributed by atoms with Gasteiger partial charge in [-0.1, -0.05) is 47.0 Å². The molecule has 5 nitrogen and oxygen atoms in total. The summed E-state index contributed by atoms with van der Waals surface area (Å²) in [4.78, 5) is 12.0. The fourth-order valence-corrected chi connectivity index (χ4v) is 4.58. The average molecular weight is 447 g/mol. The lowest BCUT2D eigenvalue weighted by molar-refractivity contribution is -0.118. The molecule has 0 heterocycles. The van der Waals surface area contributed by atoms with Crippen molar-refractivity contribution in [3.05, 3.63) is 63.6 Å². The highest BCUT2D eigenvalue weighted by molar-refractivity contribution is 7.99. The molecule has 0 saturated heterocycles. The van der Waals surface area contributed by atoms with E-state index in [1.807, 2.05) is 13.0 Å². The van der Waals surface area contributed by atoms with E-state index >= 15 is 0 Å². The monoisotopic (exact) mass is 446 g/mol. The van der Waals surface area contributed by atoms with Crippen LogP contribution in [0.15, 0.2) is 47.4 Å². The molecule has 0 bridgehead atoms. The minimum Gasteiger partial charge on any atom is -0.354 e. The molecule has 0 radical (unpaired) electrons. The Morgan fingerprint density at radius 1 is 1.07 bits per heavy atom. The topological polar surface area (TPSA) is 75.3 Å². The zero-order valence-corrected chi connectivity index (χ0v) is 17.8. The number of thioether (sulfide) groups is 1. The van der Waals surface area contributed by atoms with Crippen molar-refractivity contribution in [1.82, 2.24) is 10.0 Å². The minimum absolute atomic E-state index is 0.121. The molecule has 2 N–H and O–H groups in total. The lowest BCUT2D eigenvalue weighted by atomic mass is 10.2. The Morgan fingerprint density at radius 3 is 2.44 bits per heavy atom. The van der Waals surface area contributed by atoms with Gasteiger partial charge in [0.1, 0.15) is 0 Å². The van der Waals surface area contributed by atoms with Gasteiger partial charge in [0, 0.05) is 28.9 Å². The molecule has 9 heteroatoms. The van der Waals surface area contributed by atoms with Gasteiger partial charge in [-0.15, -0.1) is 11.8 Å². The molecule has 0 atom stereocenters. The van der Waals surface area contributed by atoms with Gasteiger partial charge in [0.05, 0.1) is 10.6 Å². The Balaban J connectivity index is 1.67. The van der Waals surface area contributed by atoms with Gasteiger partial charge in [-0.25, -0.2) is 13.1 Å². The van der Waals surface area contributed by atoms with Crippen LogP contribution in [0.25, 0.3) is 0 Å². The Morgan fingerprint density at radius 2 is 1.78 bits per heavy atom. The maximum absolute atomic E-state index is 12.1. The number of halogens is 2. The molecule has 0 aromatic heterocycles. The molecule has 0 spiro atoms. The predicted molar refractivity (Wildman–Crippen MR) is 112 cm³/mol. The smallest absolute Gasteiger partial charge is 0.240 e. The van der Waals surface area contributed by atoms with Crippen molar-refractivity contribution in [2.75, 3.05) is 18.8 Å². The first kappa shape index (κ1) is 22.0. The van der Waals surface area contributed by atoms with Crippen LogP contribution in [-0.2, 0) is 20.6 Å². The predicted octanol–water partition coefficient (Wildman–Crippen LogP) is 3.63.